The molecule has 0 aromatic carbocycles. The number of hydrogen-bond donors (Lipinski definition) is 2. The summed E-state index contributed by atoms with van der Waals surface area (Å²) < 4.78 is 9.94. The van der Waals surface area contributed by atoms with Gasteiger partial charge < -0.3 is 19.7 Å². The largest absolute Gasteiger partial charge is 0.394 e. The van der Waals surface area contributed by atoms with Gasteiger partial charge in [-0.1, -0.05) is 11.8 Å². The average Bonchev–Trinajstić information content (AvgIpc) is 3.08. The first-order chi connectivity index (χ1) is 6.85. The van der Waals surface area contributed by atoms with Crippen LogP contribution in [0, 0.1) is 23.7 Å². The average molecular weight is 194 g/mol. The molecular weight excluding hydrogens is 184 g/mol. The number of aliphatic hydroxyl groups excluding tert-OH is 2. The predicted octanol–water partition coefficient (Wildman–Crippen LogP) is -1.49. The Morgan fingerprint density at radius 2 is 1.29 bits per heavy atom. The van der Waals surface area contributed by atoms with E-state index in [0.717, 1.165) is 0 Å². The number of hydrogen-bond acceptors (Lipinski definition) is 4. The highest BCUT2D eigenvalue weighted by molar-refractivity contribution is 5.32. The molecule has 2 saturated heterocycles. The minimum Gasteiger partial charge on any atom is -0.394 e. The number of ether oxygens (including phenoxy) is 2. The molecule has 0 spiro atoms. The molecule has 0 unspecified atom stereocenters. The predicted molar refractivity (Wildman–Crippen MR) is 47.0 cm³/mol. The van der Waals surface area contributed by atoms with Gasteiger partial charge in [-0.05, 0) is 11.8 Å². The van der Waals surface area contributed by atoms with Crippen LogP contribution in [0.15, 0.2) is 0 Å². The van der Waals surface area contributed by atoms with Crippen molar-refractivity contribution in [1.29, 1.82) is 0 Å². The molecule has 0 aromatic heterocycles. The summed E-state index contributed by atoms with van der Waals surface area (Å²) in [7, 11) is 0. The Balaban J connectivity index is 1.72. The van der Waals surface area contributed by atoms with Crippen LogP contribution in [0.4, 0.5) is 0 Å². The molecule has 4 nitrogen and oxygen atoms in total. The lowest BCUT2D eigenvalue weighted by Crippen LogP contribution is -1.96. The van der Waals surface area contributed by atoms with E-state index in [1.165, 1.54) is 0 Å². The monoisotopic (exact) mass is 194 g/mol. The fourth-order valence-electron chi connectivity index (χ4n) is 1.03. The van der Waals surface area contributed by atoms with Crippen LogP contribution >= 0.6 is 0 Å². The number of epoxide rings is 2. The smallest absolute Gasteiger partial charge is 0.148 e. The van der Waals surface area contributed by atoms with Gasteiger partial charge in [0.15, 0.2) is 0 Å². The van der Waals surface area contributed by atoms with Gasteiger partial charge in [-0.3, -0.25) is 0 Å². The maximum atomic E-state index is 8.62. The third-order valence-electron chi connectivity index (χ3n) is 2.02. The van der Waals surface area contributed by atoms with E-state index in [1.807, 2.05) is 0 Å². The van der Waals surface area contributed by atoms with E-state index in [4.69, 9.17) is 19.7 Å². The van der Waals surface area contributed by atoms with Crippen LogP contribution in [0.25, 0.3) is 0 Å². The van der Waals surface area contributed by atoms with Crippen molar-refractivity contribution in [3.63, 3.8) is 0 Å². The van der Waals surface area contributed by atoms with Gasteiger partial charge in [-0.2, -0.15) is 0 Å². The fraction of sp³-hybridized carbons (Fsp3) is 0.600. The van der Waals surface area contributed by atoms with Crippen LogP contribution < -0.4 is 0 Å². The standard InChI is InChI=1S/C10H10O4/c11-5-9-7(13-9)3-1-2-4-8-10(6-12)14-8/h7-12H,5-6H2/t7-,8-,9-,10-/m1/s1. The maximum absolute atomic E-state index is 8.62. The lowest BCUT2D eigenvalue weighted by molar-refractivity contribution is 0.243. The zero-order valence-electron chi connectivity index (χ0n) is 7.43. The summed E-state index contributed by atoms with van der Waals surface area (Å²) in [6.45, 7) is 0.0101. The molecule has 2 aliphatic heterocycles. The van der Waals surface area contributed by atoms with Gasteiger partial charge in [0, 0.05) is 0 Å². The maximum Gasteiger partial charge on any atom is 0.148 e. The first-order valence-corrected chi connectivity index (χ1v) is 4.39. The van der Waals surface area contributed by atoms with Gasteiger partial charge in [-0.15, -0.1) is 0 Å². The second-order valence-corrected chi connectivity index (χ2v) is 3.09. The summed E-state index contributed by atoms with van der Waals surface area (Å²) in [6, 6.07) is 0. The second kappa shape index (κ2) is 4.00. The molecule has 4 heteroatoms. The minimum absolute atomic E-state index is 0.00506. The van der Waals surface area contributed by atoms with Gasteiger partial charge in [0.25, 0.3) is 0 Å². The molecule has 0 bridgehead atoms. The fourth-order valence-corrected chi connectivity index (χ4v) is 1.03. The van der Waals surface area contributed by atoms with Crippen molar-refractivity contribution in [1.82, 2.24) is 0 Å². The molecule has 74 valence electrons. The summed E-state index contributed by atoms with van der Waals surface area (Å²) >= 11 is 0. The van der Waals surface area contributed by atoms with Crippen LogP contribution in [0.1, 0.15) is 0 Å². The normalized spacial score (nSPS) is 37.6. The molecule has 2 aliphatic rings. The van der Waals surface area contributed by atoms with Gasteiger partial charge in [0.1, 0.15) is 24.4 Å². The molecule has 2 fully saturated rings. The van der Waals surface area contributed by atoms with Gasteiger partial charge in [0.2, 0.25) is 0 Å². The highest BCUT2D eigenvalue weighted by Gasteiger charge is 2.37. The van der Waals surface area contributed by atoms with E-state index >= 15 is 0 Å². The van der Waals surface area contributed by atoms with Crippen LogP contribution in [0.5, 0.6) is 0 Å². The Bertz CT molecular complexity index is 296. The van der Waals surface area contributed by atoms with Crippen LogP contribution in [-0.2, 0) is 9.47 Å². The van der Waals surface area contributed by atoms with Crippen LogP contribution in [0.2, 0.25) is 0 Å². The summed E-state index contributed by atoms with van der Waals surface area (Å²) in [6.07, 6.45) is -0.593. The van der Waals surface area contributed by atoms with E-state index in [1.54, 1.807) is 0 Å². The number of aliphatic hydroxyl groups is 2. The molecule has 2 N–H and O–H groups in total. The zero-order chi connectivity index (χ0) is 9.97. The molecule has 0 aromatic rings. The third kappa shape index (κ3) is 2.25. The van der Waals surface area contributed by atoms with Crippen molar-refractivity contribution in [2.75, 3.05) is 13.2 Å². The molecule has 0 amide bonds. The van der Waals surface area contributed by atoms with Crippen molar-refractivity contribution in [2.45, 2.75) is 24.4 Å². The molecule has 0 aliphatic carbocycles. The molecule has 2 rings (SSSR count). The van der Waals surface area contributed by atoms with Crippen molar-refractivity contribution >= 4 is 0 Å². The molecule has 4 atom stereocenters. The lowest BCUT2D eigenvalue weighted by atomic mass is 10.3. The van der Waals surface area contributed by atoms with Crippen LogP contribution in [-0.4, -0.2) is 47.8 Å². The Labute approximate surface area is 81.8 Å². The first-order valence-electron chi connectivity index (χ1n) is 4.39. The first kappa shape index (κ1) is 9.51. The quantitative estimate of drug-likeness (QED) is 0.415. The molecule has 0 saturated carbocycles. The molecular formula is C10H10O4. The Hall–Kier alpha value is -1.04. The lowest BCUT2D eigenvalue weighted by Gasteiger charge is -1.74. The Morgan fingerprint density at radius 1 is 0.857 bits per heavy atom. The Morgan fingerprint density at radius 3 is 1.57 bits per heavy atom. The van der Waals surface area contributed by atoms with Crippen molar-refractivity contribution < 1.29 is 19.7 Å². The van der Waals surface area contributed by atoms with Gasteiger partial charge in [-0.25, -0.2) is 0 Å². The minimum atomic E-state index is -0.164. The Kier molecular flexibility index (Phi) is 2.72. The van der Waals surface area contributed by atoms with Crippen molar-refractivity contribution in [3.05, 3.63) is 0 Å². The SMILES string of the molecule is OC[C@H]1O[C@@H]1C#CC#C[C@H]1O[C@@H]1CO. The summed E-state index contributed by atoms with van der Waals surface area (Å²) in [4.78, 5) is 0. The zero-order valence-corrected chi connectivity index (χ0v) is 7.43. The molecule has 14 heavy (non-hydrogen) atoms. The summed E-state index contributed by atoms with van der Waals surface area (Å²) in [5.41, 5.74) is 0. The van der Waals surface area contributed by atoms with Crippen molar-refractivity contribution in [3.8, 4) is 23.7 Å². The van der Waals surface area contributed by atoms with Crippen LogP contribution in [0.3, 0.4) is 0 Å². The van der Waals surface area contributed by atoms with E-state index in [0.29, 0.717) is 0 Å². The van der Waals surface area contributed by atoms with E-state index < -0.39 is 0 Å². The van der Waals surface area contributed by atoms with E-state index in [-0.39, 0.29) is 37.6 Å². The third-order valence-corrected chi connectivity index (χ3v) is 2.02. The number of rotatable bonds is 2. The summed E-state index contributed by atoms with van der Waals surface area (Å²) in [5, 5.41) is 17.2. The molecule has 2 heterocycles. The highest BCUT2D eigenvalue weighted by Crippen LogP contribution is 2.20. The topological polar surface area (TPSA) is 65.5 Å². The highest BCUT2D eigenvalue weighted by atomic mass is 16.6. The summed E-state index contributed by atoms with van der Waals surface area (Å²) in [5.74, 6) is 10.7. The van der Waals surface area contributed by atoms with Gasteiger partial charge >= 0.3 is 0 Å². The van der Waals surface area contributed by atoms with Crippen molar-refractivity contribution in [2.24, 2.45) is 0 Å². The van der Waals surface area contributed by atoms with Gasteiger partial charge in [0.05, 0.1) is 13.2 Å². The van der Waals surface area contributed by atoms with E-state index in [9.17, 15) is 0 Å². The molecule has 0 radical (unpaired) electrons. The second-order valence-electron chi connectivity index (χ2n) is 3.09. The van der Waals surface area contributed by atoms with E-state index in [2.05, 4.69) is 23.7 Å².